The number of ether oxygens (including phenoxy) is 3. The second kappa shape index (κ2) is 9.30. The minimum atomic E-state index is -0.266. The average Bonchev–Trinajstić information content (AvgIpc) is 3.37. The second-order valence-corrected chi connectivity index (χ2v) is 7.88. The smallest absolute Gasteiger partial charge is 0.257 e. The van der Waals surface area contributed by atoms with Crippen molar-refractivity contribution in [2.45, 2.75) is 0 Å². The summed E-state index contributed by atoms with van der Waals surface area (Å²) in [5.41, 5.74) is 1.62. The summed E-state index contributed by atoms with van der Waals surface area (Å²) in [5.74, 6) is 2.08. The molecule has 34 heavy (non-hydrogen) atoms. The van der Waals surface area contributed by atoms with Gasteiger partial charge in [0.05, 0.1) is 18.4 Å². The van der Waals surface area contributed by atoms with E-state index < -0.39 is 0 Å². The lowest BCUT2D eigenvalue weighted by molar-refractivity contribution is 0.0743. The van der Waals surface area contributed by atoms with Crippen molar-refractivity contribution < 1.29 is 23.8 Å². The molecule has 5 rings (SSSR count). The number of anilines is 2. The Balaban J connectivity index is 1.27. The number of benzene rings is 2. The second-order valence-electron chi connectivity index (χ2n) is 7.88. The van der Waals surface area contributed by atoms with Gasteiger partial charge in [-0.1, -0.05) is 12.1 Å². The number of carbonyl (C=O) groups excluding carboxylic acids is 2. The van der Waals surface area contributed by atoms with E-state index in [0.29, 0.717) is 66.1 Å². The van der Waals surface area contributed by atoms with Crippen LogP contribution in [-0.4, -0.2) is 61.8 Å². The molecule has 9 heteroatoms. The van der Waals surface area contributed by atoms with E-state index in [9.17, 15) is 9.59 Å². The number of pyridine rings is 1. The molecule has 174 valence electrons. The van der Waals surface area contributed by atoms with Crippen molar-refractivity contribution in [2.75, 3.05) is 50.3 Å². The highest BCUT2D eigenvalue weighted by Crippen LogP contribution is 2.33. The number of nitrogens with zero attached hydrogens (tertiary/aromatic N) is 3. The first-order chi connectivity index (χ1) is 16.6. The van der Waals surface area contributed by atoms with Crippen molar-refractivity contribution in [3.63, 3.8) is 0 Å². The van der Waals surface area contributed by atoms with Crippen LogP contribution in [0.25, 0.3) is 0 Å². The Bertz CT molecular complexity index is 1220. The Morgan fingerprint density at radius 1 is 0.971 bits per heavy atom. The van der Waals surface area contributed by atoms with Gasteiger partial charge in [0.15, 0.2) is 17.3 Å². The zero-order chi connectivity index (χ0) is 23.5. The average molecular weight is 460 g/mol. The van der Waals surface area contributed by atoms with Crippen molar-refractivity contribution >= 4 is 23.3 Å². The molecule has 0 spiro atoms. The number of hydrogen-bond donors (Lipinski definition) is 1. The monoisotopic (exact) mass is 460 g/mol. The summed E-state index contributed by atoms with van der Waals surface area (Å²) in [7, 11) is 1.56. The van der Waals surface area contributed by atoms with E-state index in [0.717, 1.165) is 0 Å². The van der Waals surface area contributed by atoms with E-state index in [-0.39, 0.29) is 18.6 Å². The highest BCUT2D eigenvalue weighted by molar-refractivity contribution is 6.06. The van der Waals surface area contributed by atoms with Crippen molar-refractivity contribution in [1.29, 1.82) is 0 Å². The fraction of sp³-hybridized carbons (Fsp3) is 0.240. The summed E-state index contributed by atoms with van der Waals surface area (Å²) in [4.78, 5) is 34.3. The number of amides is 2. The fourth-order valence-corrected chi connectivity index (χ4v) is 4.09. The van der Waals surface area contributed by atoms with Crippen LogP contribution in [0.4, 0.5) is 11.5 Å². The van der Waals surface area contributed by atoms with Crippen LogP contribution in [0.15, 0.2) is 60.8 Å². The van der Waals surface area contributed by atoms with Gasteiger partial charge >= 0.3 is 0 Å². The molecule has 2 amide bonds. The predicted octanol–water partition coefficient (Wildman–Crippen LogP) is 3.03. The van der Waals surface area contributed by atoms with Gasteiger partial charge in [0.1, 0.15) is 5.75 Å². The van der Waals surface area contributed by atoms with E-state index in [1.807, 2.05) is 23.1 Å². The third-order valence-corrected chi connectivity index (χ3v) is 5.87. The molecular formula is C25H24N4O5. The number of nitrogens with one attached hydrogen (secondary N) is 1. The maximum atomic E-state index is 13.0. The number of piperazine rings is 1. The number of aromatic nitrogens is 1. The lowest BCUT2D eigenvalue weighted by Gasteiger charge is -2.36. The highest BCUT2D eigenvalue weighted by Gasteiger charge is 2.26. The normalized spacial score (nSPS) is 14.6. The molecule has 1 saturated heterocycles. The van der Waals surface area contributed by atoms with Gasteiger partial charge in [0.2, 0.25) is 6.79 Å². The summed E-state index contributed by atoms with van der Waals surface area (Å²) < 4.78 is 16.0. The molecule has 2 aliphatic heterocycles. The predicted molar refractivity (Wildman–Crippen MR) is 126 cm³/mol. The zero-order valence-electron chi connectivity index (χ0n) is 18.7. The summed E-state index contributed by atoms with van der Waals surface area (Å²) in [6, 6.07) is 15.9. The molecule has 0 atom stereocenters. The summed E-state index contributed by atoms with van der Waals surface area (Å²) in [5, 5.41) is 2.95. The molecule has 0 aliphatic carbocycles. The van der Waals surface area contributed by atoms with E-state index in [4.69, 9.17) is 14.2 Å². The van der Waals surface area contributed by atoms with Crippen molar-refractivity contribution in [3.8, 4) is 17.2 Å². The molecule has 0 saturated carbocycles. The molecule has 3 heterocycles. The van der Waals surface area contributed by atoms with Crippen LogP contribution < -0.4 is 24.4 Å². The lowest BCUT2D eigenvalue weighted by Crippen LogP contribution is -2.49. The van der Waals surface area contributed by atoms with Gasteiger partial charge in [0.25, 0.3) is 11.8 Å². The quantitative estimate of drug-likeness (QED) is 0.626. The van der Waals surface area contributed by atoms with Gasteiger partial charge < -0.3 is 29.3 Å². The molecular weight excluding hydrogens is 436 g/mol. The summed E-state index contributed by atoms with van der Waals surface area (Å²) >= 11 is 0. The van der Waals surface area contributed by atoms with Gasteiger partial charge in [-0.05, 0) is 42.5 Å². The zero-order valence-corrected chi connectivity index (χ0v) is 18.7. The van der Waals surface area contributed by atoms with Crippen LogP contribution in [0.1, 0.15) is 20.7 Å². The molecule has 0 bridgehead atoms. The SMILES string of the molecule is COc1ccccc1C(=O)N1CCN(c2ncccc2NC(=O)c2ccc3c(c2)OCO3)CC1. The molecule has 1 N–H and O–H groups in total. The van der Waals surface area contributed by atoms with Crippen LogP contribution in [0.3, 0.4) is 0 Å². The first-order valence-electron chi connectivity index (χ1n) is 11.0. The molecule has 1 aromatic heterocycles. The standard InChI is InChI=1S/C25H24N4O5/c1-32-20-7-3-2-5-18(20)25(31)29-13-11-28(12-14-29)23-19(6-4-10-26-23)27-24(30)17-8-9-21-22(15-17)34-16-33-21/h2-10,15H,11-14,16H2,1H3,(H,27,30). The number of fused-ring (bicyclic) bond motifs is 1. The Kier molecular flexibility index (Phi) is 5.90. The number of carbonyl (C=O) groups is 2. The largest absolute Gasteiger partial charge is 0.496 e. The fourth-order valence-electron chi connectivity index (χ4n) is 4.09. The first kappa shape index (κ1) is 21.6. The number of para-hydroxylation sites is 1. The maximum absolute atomic E-state index is 13.0. The van der Waals surface area contributed by atoms with Crippen molar-refractivity contribution in [2.24, 2.45) is 0 Å². The van der Waals surface area contributed by atoms with Crippen LogP contribution in [-0.2, 0) is 0 Å². The van der Waals surface area contributed by atoms with Gasteiger partial charge in [-0.15, -0.1) is 0 Å². The van der Waals surface area contributed by atoms with E-state index in [2.05, 4.69) is 15.2 Å². The molecule has 0 radical (unpaired) electrons. The van der Waals surface area contributed by atoms with E-state index >= 15 is 0 Å². The van der Waals surface area contributed by atoms with Gasteiger partial charge in [-0.3, -0.25) is 9.59 Å². The number of rotatable bonds is 5. The van der Waals surface area contributed by atoms with Crippen LogP contribution in [0, 0.1) is 0 Å². The topological polar surface area (TPSA) is 93.2 Å². The summed E-state index contributed by atoms with van der Waals surface area (Å²) in [6.45, 7) is 2.39. The molecule has 1 fully saturated rings. The molecule has 9 nitrogen and oxygen atoms in total. The van der Waals surface area contributed by atoms with Crippen LogP contribution in [0.5, 0.6) is 17.2 Å². The Morgan fingerprint density at radius 3 is 2.59 bits per heavy atom. The highest BCUT2D eigenvalue weighted by atomic mass is 16.7. The minimum absolute atomic E-state index is 0.0607. The van der Waals surface area contributed by atoms with Gasteiger partial charge in [0, 0.05) is 37.9 Å². The maximum Gasteiger partial charge on any atom is 0.257 e. The first-order valence-corrected chi connectivity index (χ1v) is 11.0. The summed E-state index contributed by atoms with van der Waals surface area (Å²) in [6.07, 6.45) is 1.69. The van der Waals surface area contributed by atoms with Crippen LogP contribution in [0.2, 0.25) is 0 Å². The molecule has 3 aromatic rings. The lowest BCUT2D eigenvalue weighted by atomic mass is 10.1. The van der Waals surface area contributed by atoms with E-state index in [1.54, 1.807) is 49.7 Å². The number of hydrogen-bond acceptors (Lipinski definition) is 7. The molecule has 2 aliphatic rings. The molecule has 2 aromatic carbocycles. The Hall–Kier alpha value is -4.27. The van der Waals surface area contributed by atoms with E-state index in [1.165, 1.54) is 0 Å². The van der Waals surface area contributed by atoms with Crippen molar-refractivity contribution in [1.82, 2.24) is 9.88 Å². The van der Waals surface area contributed by atoms with Crippen LogP contribution >= 0.6 is 0 Å². The number of methoxy groups -OCH3 is 1. The Labute approximate surface area is 196 Å². The third kappa shape index (κ3) is 4.19. The van der Waals surface area contributed by atoms with Gasteiger partial charge in [-0.2, -0.15) is 0 Å². The third-order valence-electron chi connectivity index (χ3n) is 5.87. The molecule has 0 unspecified atom stereocenters. The minimum Gasteiger partial charge on any atom is -0.496 e. The Morgan fingerprint density at radius 2 is 1.76 bits per heavy atom. The van der Waals surface area contributed by atoms with Gasteiger partial charge in [-0.25, -0.2) is 4.98 Å². The van der Waals surface area contributed by atoms with Crippen molar-refractivity contribution in [3.05, 3.63) is 71.9 Å².